The molecule has 0 amide bonds. The van der Waals surface area contributed by atoms with E-state index in [1.165, 1.54) is 11.9 Å². The van der Waals surface area contributed by atoms with E-state index in [4.69, 9.17) is 0 Å². The van der Waals surface area contributed by atoms with Crippen molar-refractivity contribution in [1.82, 2.24) is 9.55 Å². The zero-order valence-electron chi connectivity index (χ0n) is 9.08. The molecule has 1 aromatic heterocycles. The highest BCUT2D eigenvalue weighted by Gasteiger charge is 2.25. The summed E-state index contributed by atoms with van der Waals surface area (Å²) >= 11 is 0. The highest BCUT2D eigenvalue weighted by molar-refractivity contribution is 5.72. The fourth-order valence-electron chi connectivity index (χ4n) is 1.10. The van der Waals surface area contributed by atoms with Crippen molar-refractivity contribution in [3.8, 4) is 0 Å². The second kappa shape index (κ2) is 5.21. The summed E-state index contributed by atoms with van der Waals surface area (Å²) in [6.45, 7) is 1.29. The van der Waals surface area contributed by atoms with Crippen LogP contribution in [0.25, 0.3) is 0 Å². The fourth-order valence-corrected chi connectivity index (χ4v) is 1.10. The molecule has 18 heavy (non-hydrogen) atoms. The summed E-state index contributed by atoms with van der Waals surface area (Å²) in [5, 5.41) is 10.4. The third-order valence-electron chi connectivity index (χ3n) is 1.87. The molecule has 1 N–H and O–H groups in total. The highest BCUT2D eigenvalue weighted by atomic mass is 19.1. The maximum atomic E-state index is 13.5. The molecule has 10 heteroatoms. The predicted molar refractivity (Wildman–Crippen MR) is 54.8 cm³/mol. The minimum absolute atomic E-state index is 0.0809. The van der Waals surface area contributed by atoms with Gasteiger partial charge in [-0.25, -0.2) is 14.0 Å². The minimum atomic E-state index is -2.56. The van der Waals surface area contributed by atoms with Gasteiger partial charge in [-0.15, -0.1) is 0 Å². The first kappa shape index (κ1) is 13.5. The van der Waals surface area contributed by atoms with Gasteiger partial charge in [0.15, 0.2) is 0 Å². The summed E-state index contributed by atoms with van der Waals surface area (Å²) in [4.78, 5) is 44.1. The van der Waals surface area contributed by atoms with Gasteiger partial charge in [0, 0.05) is 0 Å². The zero-order chi connectivity index (χ0) is 13.9. The van der Waals surface area contributed by atoms with Crippen molar-refractivity contribution in [3.63, 3.8) is 0 Å². The van der Waals surface area contributed by atoms with Crippen molar-refractivity contribution >= 4 is 11.7 Å². The normalized spacial score (nSPS) is 11.9. The molecule has 1 aromatic rings. The van der Waals surface area contributed by atoms with Crippen LogP contribution in [0.15, 0.2) is 15.8 Å². The molecule has 0 aliphatic carbocycles. The number of nitrogens with zero attached hydrogens (tertiary/aromatic N) is 2. The van der Waals surface area contributed by atoms with Crippen LogP contribution in [0.5, 0.6) is 0 Å². The third-order valence-corrected chi connectivity index (χ3v) is 1.87. The predicted octanol–water partition coefficient (Wildman–Crippen LogP) is -0.524. The lowest BCUT2D eigenvalue weighted by molar-refractivity contribution is -0.386. The van der Waals surface area contributed by atoms with Gasteiger partial charge in [0.05, 0.1) is 17.7 Å². The second-order valence-electron chi connectivity index (χ2n) is 3.03. The van der Waals surface area contributed by atoms with E-state index in [0.29, 0.717) is 6.20 Å². The van der Waals surface area contributed by atoms with Gasteiger partial charge in [0.25, 0.3) is 6.30 Å². The number of ether oxygens (including phenoxy) is 1. The number of nitro groups is 1. The molecule has 0 bridgehead atoms. The summed E-state index contributed by atoms with van der Waals surface area (Å²) in [5.74, 6) is -1.39. The van der Waals surface area contributed by atoms with E-state index in [9.17, 15) is 28.9 Å². The van der Waals surface area contributed by atoms with Crippen molar-refractivity contribution in [2.45, 2.75) is 13.2 Å². The summed E-state index contributed by atoms with van der Waals surface area (Å²) in [6, 6.07) is 0. The first-order valence-electron chi connectivity index (χ1n) is 4.69. The van der Waals surface area contributed by atoms with Crippen LogP contribution in [0, 0.1) is 10.1 Å². The van der Waals surface area contributed by atoms with Crippen LogP contribution in [-0.2, 0) is 9.53 Å². The average molecular weight is 261 g/mol. The van der Waals surface area contributed by atoms with E-state index in [0.717, 1.165) is 0 Å². The molecule has 0 fully saturated rings. The number of hydrogen-bond acceptors (Lipinski definition) is 6. The first-order chi connectivity index (χ1) is 8.38. The van der Waals surface area contributed by atoms with Crippen LogP contribution in [0.1, 0.15) is 13.2 Å². The summed E-state index contributed by atoms with van der Waals surface area (Å²) < 4.78 is 17.9. The van der Waals surface area contributed by atoms with Gasteiger partial charge in [0.2, 0.25) is 0 Å². The number of alkyl halides is 1. The molecule has 9 nitrogen and oxygen atoms in total. The molecule has 1 unspecified atom stereocenters. The van der Waals surface area contributed by atoms with Crippen molar-refractivity contribution < 1.29 is 18.8 Å². The number of nitrogens with one attached hydrogen (secondary N) is 1. The van der Waals surface area contributed by atoms with Crippen molar-refractivity contribution in [2.24, 2.45) is 0 Å². The molecule has 0 aromatic carbocycles. The van der Waals surface area contributed by atoms with E-state index in [1.807, 2.05) is 0 Å². The monoisotopic (exact) mass is 261 g/mol. The Labute approximate surface area is 98.0 Å². The van der Waals surface area contributed by atoms with Crippen LogP contribution in [-0.4, -0.2) is 27.1 Å². The Morgan fingerprint density at radius 1 is 1.67 bits per heavy atom. The molecule has 0 aliphatic rings. The van der Waals surface area contributed by atoms with Gasteiger partial charge in [-0.05, 0) is 6.92 Å². The summed E-state index contributed by atoms with van der Waals surface area (Å²) in [7, 11) is 0. The molecule has 1 atom stereocenters. The van der Waals surface area contributed by atoms with Crippen molar-refractivity contribution in [3.05, 3.63) is 37.1 Å². The van der Waals surface area contributed by atoms with E-state index in [1.54, 1.807) is 0 Å². The lowest BCUT2D eigenvalue weighted by atomic mass is 10.5. The first-order valence-corrected chi connectivity index (χ1v) is 4.69. The molecule has 98 valence electrons. The Morgan fingerprint density at radius 3 is 2.78 bits per heavy atom. The van der Waals surface area contributed by atoms with E-state index < -0.39 is 34.1 Å². The highest BCUT2D eigenvalue weighted by Crippen LogP contribution is 2.09. The second-order valence-corrected chi connectivity index (χ2v) is 3.03. The fraction of sp³-hybridized carbons (Fsp3) is 0.375. The quantitative estimate of drug-likeness (QED) is 0.441. The molecule has 1 rings (SSSR count). The number of carbonyl (C=O) groups is 1. The number of aromatic nitrogens is 2. The van der Waals surface area contributed by atoms with Gasteiger partial charge >= 0.3 is 22.9 Å². The largest absolute Gasteiger partial charge is 0.462 e. The molecule has 0 radical (unpaired) electrons. The zero-order valence-corrected chi connectivity index (χ0v) is 9.08. The lowest BCUT2D eigenvalue weighted by Gasteiger charge is -2.09. The van der Waals surface area contributed by atoms with Gasteiger partial charge in [-0.1, -0.05) is 0 Å². The summed E-state index contributed by atoms with van der Waals surface area (Å²) in [6.07, 6.45) is -2.21. The molecule has 1 heterocycles. The van der Waals surface area contributed by atoms with Crippen LogP contribution >= 0.6 is 0 Å². The molecular weight excluding hydrogens is 253 g/mol. The lowest BCUT2D eigenvalue weighted by Crippen LogP contribution is -2.35. The minimum Gasteiger partial charge on any atom is -0.462 e. The molecule has 0 saturated carbocycles. The standard InChI is InChI=1S/C8H8FN3O6/c1-2-18-7(14)5(9)11-3-4(12(16)17)6(13)10-8(11)15/h3,5H,2H2,1H3,(H,10,13,15). The molecular formula is C8H8FN3O6. The van der Waals surface area contributed by atoms with Gasteiger partial charge in [0.1, 0.15) is 0 Å². The SMILES string of the molecule is CCOC(=O)C(F)n1cc([N+](=O)[O-])c(=O)[nH]c1=O. The van der Waals surface area contributed by atoms with E-state index >= 15 is 0 Å². The Hall–Kier alpha value is -2.52. The van der Waals surface area contributed by atoms with Gasteiger partial charge in [-0.2, -0.15) is 0 Å². The molecule has 0 aliphatic heterocycles. The van der Waals surface area contributed by atoms with Gasteiger partial charge < -0.3 is 4.74 Å². The van der Waals surface area contributed by atoms with E-state index in [2.05, 4.69) is 4.74 Å². The number of rotatable bonds is 4. The van der Waals surface area contributed by atoms with Crippen LogP contribution in [0.3, 0.4) is 0 Å². The van der Waals surface area contributed by atoms with Crippen molar-refractivity contribution in [1.29, 1.82) is 0 Å². The van der Waals surface area contributed by atoms with Gasteiger partial charge in [-0.3, -0.25) is 24.5 Å². The maximum absolute atomic E-state index is 13.5. The smallest absolute Gasteiger partial charge is 0.362 e. The number of H-pyrrole nitrogens is 1. The maximum Gasteiger partial charge on any atom is 0.362 e. The number of hydrogen-bond donors (Lipinski definition) is 1. The third kappa shape index (κ3) is 2.59. The number of carbonyl (C=O) groups excluding carboxylic acids is 1. The Bertz CT molecular complexity index is 591. The van der Waals surface area contributed by atoms with Crippen molar-refractivity contribution in [2.75, 3.05) is 6.61 Å². The van der Waals surface area contributed by atoms with E-state index in [-0.39, 0.29) is 11.2 Å². The van der Waals surface area contributed by atoms with Crippen LogP contribution in [0.4, 0.5) is 10.1 Å². The van der Waals surface area contributed by atoms with Crippen LogP contribution in [0.2, 0.25) is 0 Å². The Morgan fingerprint density at radius 2 is 2.28 bits per heavy atom. The number of aromatic amines is 1. The Kier molecular flexibility index (Phi) is 3.92. The molecule has 0 saturated heterocycles. The van der Waals surface area contributed by atoms with Crippen LogP contribution < -0.4 is 11.2 Å². The summed E-state index contributed by atoms with van der Waals surface area (Å²) in [5.41, 5.74) is -3.62. The molecule has 0 spiro atoms. The number of esters is 1. The number of halogens is 1. The Balaban J connectivity index is 3.29. The average Bonchev–Trinajstić information content (AvgIpc) is 2.28. The topological polar surface area (TPSA) is 124 Å².